The summed E-state index contributed by atoms with van der Waals surface area (Å²) in [6.07, 6.45) is 5.29. The number of rotatable bonds is 8. The predicted octanol–water partition coefficient (Wildman–Crippen LogP) is 16.3. The first-order chi connectivity index (χ1) is 37.2. The van der Waals surface area contributed by atoms with Gasteiger partial charge in [0.25, 0.3) is 0 Å². The van der Waals surface area contributed by atoms with Crippen LogP contribution in [0.3, 0.4) is 0 Å². The number of hydrogen-bond acceptors (Lipinski definition) is 5. The van der Waals surface area contributed by atoms with E-state index in [1.54, 1.807) is 18.6 Å². The summed E-state index contributed by atoms with van der Waals surface area (Å²) in [7, 11) is 0. The minimum atomic E-state index is 0.493. The van der Waals surface area contributed by atoms with Gasteiger partial charge in [0.05, 0.1) is 33.1 Å². The molecule has 0 radical (unpaired) electrons. The molecule has 0 amide bonds. The van der Waals surface area contributed by atoms with Gasteiger partial charge in [-0.2, -0.15) is 0 Å². The Morgan fingerprint density at radius 3 is 1.19 bits per heavy atom. The van der Waals surface area contributed by atoms with E-state index in [9.17, 15) is 0 Å². The van der Waals surface area contributed by atoms with E-state index in [4.69, 9.17) is 15.0 Å². The van der Waals surface area contributed by atoms with Gasteiger partial charge in [-0.1, -0.05) is 115 Å². The summed E-state index contributed by atoms with van der Waals surface area (Å²) >= 11 is 0. The van der Waals surface area contributed by atoms with Crippen LogP contribution in [0, 0.1) is 0 Å². The molecule has 0 spiro atoms. The van der Waals surface area contributed by atoms with E-state index in [1.165, 1.54) is 43.6 Å². The van der Waals surface area contributed by atoms with Crippen LogP contribution in [0.1, 0.15) is 0 Å². The fourth-order valence-corrected chi connectivity index (χ4v) is 11.2. The molecule has 350 valence electrons. The number of aromatic nitrogens is 8. The summed E-state index contributed by atoms with van der Waals surface area (Å²) < 4.78 is 7.11. The lowest BCUT2D eigenvalue weighted by Gasteiger charge is -2.12. The number of nitrogens with zero attached hydrogens (tertiary/aromatic N) is 8. The van der Waals surface area contributed by atoms with Crippen LogP contribution in [0.4, 0.5) is 0 Å². The van der Waals surface area contributed by atoms with Gasteiger partial charge in [0.1, 0.15) is 5.69 Å². The maximum atomic E-state index is 5.05. The highest BCUT2D eigenvalue weighted by Gasteiger charge is 2.20. The molecular formula is C67H42N8. The molecule has 9 aromatic carbocycles. The third-order valence-corrected chi connectivity index (χ3v) is 14.6. The van der Waals surface area contributed by atoms with Crippen LogP contribution in [0.2, 0.25) is 0 Å². The molecule has 0 fully saturated rings. The van der Waals surface area contributed by atoms with Gasteiger partial charge in [0.2, 0.25) is 0 Å². The van der Waals surface area contributed by atoms with Crippen molar-refractivity contribution >= 4 is 65.4 Å². The van der Waals surface area contributed by atoms with Gasteiger partial charge in [-0.05, 0) is 144 Å². The Kier molecular flexibility index (Phi) is 9.71. The Morgan fingerprint density at radius 1 is 0.253 bits per heavy atom. The molecule has 0 saturated heterocycles. The largest absolute Gasteiger partial charge is 0.309 e. The standard InChI is InChI=1S/C67H42N8/c1-3-17-49(18-4-1)73-59-25-9-7-22-52(59)54-38-43(27-31-61(54)73)45-29-33-63-56(40-45)57-41-46(44-28-32-62-55(39-44)53-23-8-10-26-60(53)74(62)50-19-5-2-6-20-50)30-34-64(57)75(63)51-21-13-15-47(37-51)65-70-66(48-16-14-35-68-42-48)72-67(71-65)58-24-11-12-36-69-58/h1-42H. The van der Waals surface area contributed by atoms with E-state index in [1.807, 2.05) is 30.3 Å². The molecule has 0 atom stereocenters. The number of fused-ring (bicyclic) bond motifs is 9. The molecule has 15 rings (SSSR count). The van der Waals surface area contributed by atoms with Crippen molar-refractivity contribution in [2.45, 2.75) is 0 Å². The van der Waals surface area contributed by atoms with Crippen LogP contribution >= 0.6 is 0 Å². The quantitative estimate of drug-likeness (QED) is 0.152. The lowest BCUT2D eigenvalue weighted by atomic mass is 9.98. The monoisotopic (exact) mass is 958 g/mol. The van der Waals surface area contributed by atoms with Crippen LogP contribution in [0.15, 0.2) is 255 Å². The predicted molar refractivity (Wildman–Crippen MR) is 306 cm³/mol. The van der Waals surface area contributed by atoms with Gasteiger partial charge in [0, 0.05) is 79.1 Å². The Hall–Kier alpha value is -10.3. The fourth-order valence-electron chi connectivity index (χ4n) is 11.2. The number of benzene rings is 9. The third kappa shape index (κ3) is 7.03. The Bertz CT molecular complexity index is 4420. The Morgan fingerprint density at radius 2 is 0.680 bits per heavy atom. The number of hydrogen-bond donors (Lipinski definition) is 0. The number of pyridine rings is 2. The lowest BCUT2D eigenvalue weighted by Crippen LogP contribution is -2.02. The average Bonchev–Trinajstić information content (AvgIpc) is 4.18. The summed E-state index contributed by atoms with van der Waals surface area (Å²) in [5, 5.41) is 7.19. The Balaban J connectivity index is 0.922. The van der Waals surface area contributed by atoms with E-state index < -0.39 is 0 Å². The van der Waals surface area contributed by atoms with Crippen molar-refractivity contribution in [3.05, 3.63) is 255 Å². The molecule has 75 heavy (non-hydrogen) atoms. The zero-order chi connectivity index (χ0) is 49.4. The van der Waals surface area contributed by atoms with Gasteiger partial charge in [-0.25, -0.2) is 15.0 Å². The molecule has 8 heteroatoms. The first-order valence-corrected chi connectivity index (χ1v) is 25.1. The second kappa shape index (κ2) is 17.2. The maximum absolute atomic E-state index is 5.05. The molecule has 6 aromatic heterocycles. The molecule has 8 nitrogen and oxygen atoms in total. The van der Waals surface area contributed by atoms with Crippen molar-refractivity contribution < 1.29 is 0 Å². The molecule has 0 unspecified atom stereocenters. The third-order valence-electron chi connectivity index (χ3n) is 14.6. The second-order valence-corrected chi connectivity index (χ2v) is 19.0. The van der Waals surface area contributed by atoms with Crippen molar-refractivity contribution in [2.24, 2.45) is 0 Å². The van der Waals surface area contributed by atoms with Crippen molar-refractivity contribution in [1.29, 1.82) is 0 Å². The van der Waals surface area contributed by atoms with Crippen LogP contribution in [-0.4, -0.2) is 38.6 Å². The van der Waals surface area contributed by atoms with Crippen LogP contribution in [-0.2, 0) is 0 Å². The highest BCUT2D eigenvalue weighted by atomic mass is 15.1. The molecule has 0 N–H and O–H groups in total. The van der Waals surface area contributed by atoms with Crippen LogP contribution < -0.4 is 0 Å². The normalized spacial score (nSPS) is 11.7. The van der Waals surface area contributed by atoms with Gasteiger partial charge < -0.3 is 13.7 Å². The summed E-state index contributed by atoms with van der Waals surface area (Å²) in [5.74, 6) is 1.57. The minimum Gasteiger partial charge on any atom is -0.309 e. The molecular weight excluding hydrogens is 917 g/mol. The SMILES string of the molecule is c1ccc(-n2c3ccccc3c3cc(-c4ccc5c(c4)c4cc(-c6ccc7c(c6)c6ccccc6n7-c6ccccc6)ccc4n5-c4cccc(-c5nc(-c6cccnc6)nc(-c6ccccn6)n5)c4)ccc32)cc1. The topological polar surface area (TPSA) is 79.2 Å². The molecule has 0 aliphatic heterocycles. The first-order valence-electron chi connectivity index (χ1n) is 25.1. The van der Waals surface area contributed by atoms with Gasteiger partial charge in [-0.15, -0.1) is 0 Å². The average molecular weight is 959 g/mol. The van der Waals surface area contributed by atoms with Gasteiger partial charge >= 0.3 is 0 Å². The Labute approximate surface area is 430 Å². The van der Waals surface area contributed by atoms with Crippen molar-refractivity contribution in [3.63, 3.8) is 0 Å². The number of para-hydroxylation sites is 4. The van der Waals surface area contributed by atoms with E-state index >= 15 is 0 Å². The van der Waals surface area contributed by atoms with E-state index in [-0.39, 0.29) is 0 Å². The molecule has 0 saturated carbocycles. The maximum Gasteiger partial charge on any atom is 0.182 e. The first kappa shape index (κ1) is 42.4. The van der Waals surface area contributed by atoms with E-state index in [0.717, 1.165) is 72.2 Å². The zero-order valence-electron chi connectivity index (χ0n) is 40.3. The van der Waals surface area contributed by atoms with Crippen molar-refractivity contribution in [3.8, 4) is 73.6 Å². The summed E-state index contributed by atoms with van der Waals surface area (Å²) in [6.45, 7) is 0. The second-order valence-electron chi connectivity index (χ2n) is 19.0. The molecule has 0 aliphatic carbocycles. The van der Waals surface area contributed by atoms with E-state index in [0.29, 0.717) is 23.2 Å². The van der Waals surface area contributed by atoms with Gasteiger partial charge in [-0.3, -0.25) is 9.97 Å². The van der Waals surface area contributed by atoms with Crippen molar-refractivity contribution in [2.75, 3.05) is 0 Å². The molecule has 0 bridgehead atoms. The van der Waals surface area contributed by atoms with E-state index in [2.05, 4.69) is 230 Å². The van der Waals surface area contributed by atoms with Crippen molar-refractivity contribution in [1.82, 2.24) is 38.6 Å². The fraction of sp³-hybridized carbons (Fsp3) is 0. The smallest absolute Gasteiger partial charge is 0.182 e. The minimum absolute atomic E-state index is 0.493. The summed E-state index contributed by atoms with van der Waals surface area (Å²) in [5.41, 5.74) is 17.1. The highest BCUT2D eigenvalue weighted by Crippen LogP contribution is 2.41. The summed E-state index contributed by atoms with van der Waals surface area (Å²) in [6, 6.07) is 84.5. The molecule has 15 aromatic rings. The van der Waals surface area contributed by atoms with Crippen LogP contribution in [0.25, 0.3) is 139 Å². The zero-order valence-corrected chi connectivity index (χ0v) is 40.3. The van der Waals surface area contributed by atoms with Gasteiger partial charge in [0.15, 0.2) is 17.5 Å². The summed E-state index contributed by atoms with van der Waals surface area (Å²) in [4.78, 5) is 24.0. The molecule has 0 aliphatic rings. The molecule has 6 heterocycles. The highest BCUT2D eigenvalue weighted by molar-refractivity contribution is 6.14. The van der Waals surface area contributed by atoms with Crippen LogP contribution in [0.5, 0.6) is 0 Å². The lowest BCUT2D eigenvalue weighted by molar-refractivity contribution is 1.05.